The van der Waals surface area contributed by atoms with E-state index in [2.05, 4.69) is 33.2 Å². The number of halogens is 4. The van der Waals surface area contributed by atoms with Crippen LogP contribution in [0.15, 0.2) is 22.8 Å². The number of nitrogens with zero attached hydrogens (tertiary/aromatic N) is 1. The second kappa shape index (κ2) is 5.16. The Morgan fingerprint density at radius 3 is 2.76 bits per heavy atom. The molecule has 1 unspecified atom stereocenters. The summed E-state index contributed by atoms with van der Waals surface area (Å²) in [6.07, 6.45) is -2.52. The minimum Gasteiger partial charge on any atom is -0.385 e. The highest BCUT2D eigenvalue weighted by Gasteiger charge is 2.34. The van der Waals surface area contributed by atoms with Crippen molar-refractivity contribution in [3.8, 4) is 0 Å². The maximum atomic E-state index is 13.2. The lowest BCUT2D eigenvalue weighted by Gasteiger charge is -2.26. The number of pyridine rings is 1. The lowest BCUT2D eigenvalue weighted by molar-refractivity contribution is -0.136. The van der Waals surface area contributed by atoms with Gasteiger partial charge in [0.2, 0.25) is 0 Å². The summed E-state index contributed by atoms with van der Waals surface area (Å²) in [5.74, 6) is 0.301. The van der Waals surface area contributed by atoms with Crippen LogP contribution in [0.4, 0.5) is 18.9 Å². The van der Waals surface area contributed by atoms with Crippen LogP contribution in [0, 0.1) is 0 Å². The summed E-state index contributed by atoms with van der Waals surface area (Å²) in [5.41, 5.74) is 1.59. The van der Waals surface area contributed by atoms with Crippen LogP contribution in [0.3, 0.4) is 0 Å². The van der Waals surface area contributed by atoms with Crippen LogP contribution >= 0.6 is 15.9 Å². The molecule has 0 fully saturated rings. The minimum absolute atomic E-state index is 0.173. The Morgan fingerprint density at radius 2 is 2.10 bits per heavy atom. The van der Waals surface area contributed by atoms with Gasteiger partial charge in [-0.05, 0) is 58.5 Å². The number of fused-ring (bicyclic) bond motifs is 2. The summed E-state index contributed by atoms with van der Waals surface area (Å²) in [6.45, 7) is 2.91. The van der Waals surface area contributed by atoms with Crippen molar-refractivity contribution in [2.75, 3.05) is 11.9 Å². The van der Waals surface area contributed by atoms with Crippen molar-refractivity contribution in [1.82, 2.24) is 4.98 Å². The number of hydrogen-bond acceptors (Lipinski definition) is 2. The van der Waals surface area contributed by atoms with Crippen LogP contribution in [0.25, 0.3) is 10.9 Å². The van der Waals surface area contributed by atoms with Gasteiger partial charge in [0, 0.05) is 17.6 Å². The Bertz CT molecular complexity index is 697. The normalized spacial score (nSPS) is 18.4. The van der Waals surface area contributed by atoms with Gasteiger partial charge >= 0.3 is 6.18 Å². The van der Waals surface area contributed by atoms with Gasteiger partial charge in [-0.15, -0.1) is 0 Å². The molecule has 1 atom stereocenters. The Morgan fingerprint density at radius 1 is 1.33 bits per heavy atom. The zero-order valence-corrected chi connectivity index (χ0v) is 13.0. The quantitative estimate of drug-likeness (QED) is 0.697. The highest BCUT2D eigenvalue weighted by atomic mass is 79.9. The molecule has 21 heavy (non-hydrogen) atoms. The number of aromatic nitrogens is 1. The average Bonchev–Trinajstić information content (AvgIpc) is 2.42. The van der Waals surface area contributed by atoms with E-state index in [9.17, 15) is 13.2 Å². The highest BCUT2D eigenvalue weighted by Crippen LogP contribution is 2.41. The summed E-state index contributed by atoms with van der Waals surface area (Å²) in [7, 11) is 0. The number of nitrogens with one attached hydrogen (secondary N) is 1. The van der Waals surface area contributed by atoms with E-state index in [4.69, 9.17) is 0 Å². The van der Waals surface area contributed by atoms with Gasteiger partial charge in [-0.3, -0.25) is 0 Å². The number of rotatable bonds is 1. The van der Waals surface area contributed by atoms with E-state index < -0.39 is 11.7 Å². The molecule has 3 rings (SSSR count). The van der Waals surface area contributed by atoms with Crippen molar-refractivity contribution < 1.29 is 13.2 Å². The van der Waals surface area contributed by atoms with Crippen molar-refractivity contribution >= 4 is 32.5 Å². The molecule has 1 N–H and O–H groups in total. The third kappa shape index (κ3) is 2.61. The van der Waals surface area contributed by atoms with Gasteiger partial charge in [0.25, 0.3) is 0 Å². The molecule has 2 heterocycles. The fourth-order valence-electron chi connectivity index (χ4n) is 2.94. The van der Waals surface area contributed by atoms with Crippen LogP contribution in [-0.2, 0) is 6.18 Å². The van der Waals surface area contributed by atoms with Crippen LogP contribution < -0.4 is 5.32 Å². The second-order valence-corrected chi connectivity index (χ2v) is 6.08. The Labute approximate surface area is 128 Å². The fraction of sp³-hybridized carbons (Fsp3) is 0.400. The minimum atomic E-state index is -4.39. The maximum absolute atomic E-state index is 13.2. The summed E-state index contributed by atoms with van der Waals surface area (Å²) in [6, 6.07) is 4.44. The topological polar surface area (TPSA) is 24.9 Å². The summed E-state index contributed by atoms with van der Waals surface area (Å²) < 4.78 is 39.9. The maximum Gasteiger partial charge on any atom is 0.417 e. The van der Waals surface area contributed by atoms with Gasteiger partial charge in [0.15, 0.2) is 0 Å². The van der Waals surface area contributed by atoms with E-state index in [1.807, 2.05) is 0 Å². The van der Waals surface area contributed by atoms with E-state index >= 15 is 0 Å². The second-order valence-electron chi connectivity index (χ2n) is 5.27. The molecule has 1 aliphatic heterocycles. The zero-order valence-electron chi connectivity index (χ0n) is 11.4. The van der Waals surface area contributed by atoms with Gasteiger partial charge in [-0.25, -0.2) is 4.98 Å². The molecular formula is C15H14BrF3N2. The van der Waals surface area contributed by atoms with Crippen LogP contribution in [0.2, 0.25) is 0 Å². The predicted octanol–water partition coefficient (Wildman–Crippen LogP) is 5.33. The smallest absolute Gasteiger partial charge is 0.385 e. The first kappa shape index (κ1) is 14.6. The molecule has 0 saturated heterocycles. The largest absolute Gasteiger partial charge is 0.417 e. The van der Waals surface area contributed by atoms with Crippen molar-refractivity contribution in [1.29, 1.82) is 0 Å². The van der Waals surface area contributed by atoms with Gasteiger partial charge in [0.05, 0.1) is 11.1 Å². The molecule has 2 aromatic rings. The molecule has 1 aromatic heterocycles. The number of alkyl halides is 3. The molecule has 6 heteroatoms. The van der Waals surface area contributed by atoms with Gasteiger partial charge < -0.3 is 5.32 Å². The standard InChI is InChI=1S/C15H14BrF3N2/c1-2-8-3-4-20-12-7-13-10(5-9(8)12)11(15(17,18)19)6-14(16)21-13/h5-8,20H,2-4H2,1H3. The molecule has 0 saturated carbocycles. The first-order valence-corrected chi connectivity index (χ1v) is 7.64. The first-order chi connectivity index (χ1) is 9.90. The van der Waals surface area contributed by atoms with Gasteiger partial charge in [-0.1, -0.05) is 6.92 Å². The van der Waals surface area contributed by atoms with Crippen LogP contribution in [-0.4, -0.2) is 11.5 Å². The lowest BCUT2D eigenvalue weighted by atomic mass is 9.87. The highest BCUT2D eigenvalue weighted by molar-refractivity contribution is 9.10. The molecule has 0 amide bonds. The molecule has 1 aromatic carbocycles. The van der Waals surface area contributed by atoms with Crippen molar-refractivity contribution in [2.24, 2.45) is 0 Å². The molecule has 0 spiro atoms. The van der Waals surface area contributed by atoms with Crippen molar-refractivity contribution in [3.63, 3.8) is 0 Å². The van der Waals surface area contributed by atoms with Crippen LogP contribution in [0.1, 0.15) is 36.8 Å². The third-order valence-electron chi connectivity index (χ3n) is 4.00. The number of anilines is 1. The summed E-state index contributed by atoms with van der Waals surface area (Å²) in [4.78, 5) is 4.19. The molecule has 112 valence electrons. The predicted molar refractivity (Wildman–Crippen MR) is 80.6 cm³/mol. The van der Waals surface area contributed by atoms with E-state index in [1.54, 1.807) is 12.1 Å². The van der Waals surface area contributed by atoms with Gasteiger partial charge in [0.1, 0.15) is 4.60 Å². The molecular weight excluding hydrogens is 345 g/mol. The van der Waals surface area contributed by atoms with E-state index in [0.717, 1.165) is 36.7 Å². The molecule has 2 nitrogen and oxygen atoms in total. The monoisotopic (exact) mass is 358 g/mol. The Balaban J connectivity index is 2.30. The van der Waals surface area contributed by atoms with E-state index in [1.165, 1.54) is 0 Å². The zero-order chi connectivity index (χ0) is 15.2. The molecule has 0 radical (unpaired) electrons. The first-order valence-electron chi connectivity index (χ1n) is 6.85. The SMILES string of the molecule is CCC1CCNc2cc3nc(Br)cc(C(F)(F)F)c3cc21. The van der Waals surface area contributed by atoms with Crippen molar-refractivity contribution in [2.45, 2.75) is 31.9 Å². The third-order valence-corrected chi connectivity index (χ3v) is 4.40. The van der Waals surface area contributed by atoms with Crippen LogP contribution in [0.5, 0.6) is 0 Å². The lowest BCUT2D eigenvalue weighted by Crippen LogP contribution is -2.17. The number of hydrogen-bond donors (Lipinski definition) is 1. The summed E-state index contributed by atoms with van der Waals surface area (Å²) in [5, 5.41) is 3.43. The van der Waals surface area contributed by atoms with Gasteiger partial charge in [-0.2, -0.15) is 13.2 Å². The average molecular weight is 359 g/mol. The van der Waals surface area contributed by atoms with E-state index in [0.29, 0.717) is 11.4 Å². The number of benzene rings is 1. The fourth-order valence-corrected chi connectivity index (χ4v) is 3.36. The van der Waals surface area contributed by atoms with E-state index in [-0.39, 0.29) is 9.99 Å². The molecule has 0 aliphatic carbocycles. The summed E-state index contributed by atoms with van der Waals surface area (Å²) >= 11 is 3.07. The molecule has 0 bridgehead atoms. The Kier molecular flexibility index (Phi) is 3.59. The van der Waals surface area contributed by atoms with Crippen molar-refractivity contribution in [3.05, 3.63) is 33.9 Å². The Hall–Kier alpha value is -1.30. The molecule has 1 aliphatic rings.